The van der Waals surface area contributed by atoms with Gasteiger partial charge in [0.25, 0.3) is 0 Å². The Bertz CT molecular complexity index is 677. The second kappa shape index (κ2) is 5.47. The Hall–Kier alpha value is -1.51. The molecule has 1 aliphatic heterocycles. The van der Waals surface area contributed by atoms with Gasteiger partial charge in [0, 0.05) is 6.42 Å². The van der Waals surface area contributed by atoms with Gasteiger partial charge < -0.3 is 0 Å². The number of hydrogen-bond acceptors (Lipinski definition) is 4. The third-order valence-electron chi connectivity index (χ3n) is 2.74. The Kier molecular flexibility index (Phi) is 4.07. The minimum Gasteiger partial charge on any atom is -0.295 e. The number of sulfonamides is 1. The summed E-state index contributed by atoms with van der Waals surface area (Å²) in [4.78, 5) is 21.8. The first-order valence-electron chi connectivity index (χ1n) is 5.61. The van der Waals surface area contributed by atoms with E-state index in [1.54, 1.807) is 0 Å². The molecule has 1 heterocycles. The Morgan fingerprint density at radius 1 is 1.35 bits per heavy atom. The van der Waals surface area contributed by atoms with E-state index in [4.69, 9.17) is 11.6 Å². The summed E-state index contributed by atoms with van der Waals surface area (Å²) in [6, 6.07) is 2.41. The molecule has 0 aliphatic carbocycles. The number of benzene rings is 1. The Balaban J connectivity index is 2.26. The second-order valence-electron chi connectivity index (χ2n) is 4.18. The first kappa shape index (κ1) is 14.9. The topological polar surface area (TPSA) is 92.3 Å². The highest BCUT2D eigenvalue weighted by Gasteiger charge is 2.32. The third-order valence-corrected chi connectivity index (χ3v) is 4.52. The lowest BCUT2D eigenvalue weighted by Gasteiger charge is -2.21. The molecule has 0 aromatic heterocycles. The number of imide groups is 1. The average Bonchev–Trinajstić information content (AvgIpc) is 2.36. The van der Waals surface area contributed by atoms with Crippen molar-refractivity contribution >= 4 is 33.4 Å². The van der Waals surface area contributed by atoms with Crippen LogP contribution in [-0.4, -0.2) is 26.3 Å². The van der Waals surface area contributed by atoms with Crippen LogP contribution in [0.3, 0.4) is 0 Å². The number of hydrogen-bond donors (Lipinski definition) is 2. The fourth-order valence-corrected chi connectivity index (χ4v) is 3.31. The fourth-order valence-electron chi connectivity index (χ4n) is 1.75. The first-order valence-corrected chi connectivity index (χ1v) is 7.47. The summed E-state index contributed by atoms with van der Waals surface area (Å²) in [5.74, 6) is -2.32. The highest BCUT2D eigenvalue weighted by molar-refractivity contribution is 7.89. The maximum atomic E-state index is 13.7. The molecule has 2 rings (SSSR count). The van der Waals surface area contributed by atoms with Gasteiger partial charge in [-0.15, -0.1) is 0 Å². The fraction of sp³-hybridized carbons (Fsp3) is 0.273. The number of piperidine rings is 1. The molecule has 20 heavy (non-hydrogen) atoms. The lowest BCUT2D eigenvalue weighted by atomic mass is 10.1. The zero-order valence-electron chi connectivity index (χ0n) is 10.0. The van der Waals surface area contributed by atoms with E-state index < -0.39 is 38.6 Å². The molecule has 1 aromatic rings. The van der Waals surface area contributed by atoms with Crippen molar-refractivity contribution < 1.29 is 22.4 Å². The van der Waals surface area contributed by atoms with Crippen LogP contribution in [0, 0.1) is 5.82 Å². The van der Waals surface area contributed by atoms with E-state index in [9.17, 15) is 22.4 Å². The molecular formula is C11H10ClFN2O4S. The molecular weight excluding hydrogens is 311 g/mol. The molecule has 1 saturated heterocycles. The quantitative estimate of drug-likeness (QED) is 0.796. The molecule has 2 amide bonds. The summed E-state index contributed by atoms with van der Waals surface area (Å²) in [7, 11) is -4.25. The number of carbonyl (C=O) groups excluding carboxylic acids is 2. The maximum absolute atomic E-state index is 13.7. The minimum atomic E-state index is -4.25. The van der Waals surface area contributed by atoms with Crippen molar-refractivity contribution in [2.75, 3.05) is 0 Å². The van der Waals surface area contributed by atoms with Crippen molar-refractivity contribution in [2.24, 2.45) is 0 Å². The van der Waals surface area contributed by atoms with Crippen LogP contribution < -0.4 is 10.0 Å². The predicted octanol–water partition coefficient (Wildman–Crippen LogP) is 0.563. The highest BCUT2D eigenvalue weighted by Crippen LogP contribution is 2.22. The Morgan fingerprint density at radius 3 is 2.70 bits per heavy atom. The van der Waals surface area contributed by atoms with E-state index in [1.165, 1.54) is 12.1 Å². The van der Waals surface area contributed by atoms with Crippen LogP contribution in [0.15, 0.2) is 23.1 Å². The largest absolute Gasteiger partial charge is 0.295 e. The lowest BCUT2D eigenvalue weighted by Crippen LogP contribution is -2.52. The van der Waals surface area contributed by atoms with Crippen molar-refractivity contribution in [3.8, 4) is 0 Å². The standard InChI is InChI=1S/C11H10ClFN2O4S/c12-6-2-1-3-8(10(6)13)20(18,19)15-7-4-5-9(16)14-11(7)17/h1-3,7,15H,4-5H2,(H,14,16,17). The Labute approximate surface area is 119 Å². The molecule has 1 fully saturated rings. The molecule has 108 valence electrons. The molecule has 0 radical (unpaired) electrons. The summed E-state index contributed by atoms with van der Waals surface area (Å²) in [6.45, 7) is 0. The van der Waals surface area contributed by atoms with Gasteiger partial charge in [-0.1, -0.05) is 17.7 Å². The van der Waals surface area contributed by atoms with Crippen molar-refractivity contribution in [1.29, 1.82) is 0 Å². The molecule has 1 atom stereocenters. The monoisotopic (exact) mass is 320 g/mol. The number of halogens is 2. The number of amides is 2. The van der Waals surface area contributed by atoms with Gasteiger partial charge in [-0.25, -0.2) is 12.8 Å². The van der Waals surface area contributed by atoms with Gasteiger partial charge in [0.2, 0.25) is 21.8 Å². The molecule has 0 bridgehead atoms. The van der Waals surface area contributed by atoms with Crippen LogP contribution in [0.1, 0.15) is 12.8 Å². The van der Waals surface area contributed by atoms with E-state index >= 15 is 0 Å². The van der Waals surface area contributed by atoms with Gasteiger partial charge in [0.15, 0.2) is 5.82 Å². The molecule has 6 nitrogen and oxygen atoms in total. The minimum absolute atomic E-state index is 0.0109. The summed E-state index contributed by atoms with van der Waals surface area (Å²) in [5, 5.41) is 1.67. The lowest BCUT2D eigenvalue weighted by molar-refractivity contribution is -0.134. The van der Waals surface area contributed by atoms with Crippen molar-refractivity contribution in [3.05, 3.63) is 29.0 Å². The molecule has 0 saturated carbocycles. The highest BCUT2D eigenvalue weighted by atomic mass is 35.5. The second-order valence-corrected chi connectivity index (χ2v) is 6.27. The molecule has 9 heteroatoms. The van der Waals surface area contributed by atoms with Crippen molar-refractivity contribution in [3.63, 3.8) is 0 Å². The van der Waals surface area contributed by atoms with Gasteiger partial charge >= 0.3 is 0 Å². The first-order chi connectivity index (χ1) is 9.31. The van der Waals surface area contributed by atoms with Gasteiger partial charge in [-0.3, -0.25) is 14.9 Å². The van der Waals surface area contributed by atoms with E-state index in [-0.39, 0.29) is 17.9 Å². The van der Waals surface area contributed by atoms with Crippen LogP contribution in [0.25, 0.3) is 0 Å². The van der Waals surface area contributed by atoms with Crippen LogP contribution in [-0.2, 0) is 19.6 Å². The van der Waals surface area contributed by atoms with Crippen LogP contribution in [0.2, 0.25) is 5.02 Å². The van der Waals surface area contributed by atoms with E-state index in [1.807, 2.05) is 5.32 Å². The zero-order chi connectivity index (χ0) is 14.9. The average molecular weight is 321 g/mol. The van der Waals surface area contributed by atoms with Gasteiger partial charge in [0.1, 0.15) is 10.9 Å². The summed E-state index contributed by atoms with van der Waals surface area (Å²) in [5.41, 5.74) is 0. The SMILES string of the molecule is O=C1CCC(NS(=O)(=O)c2cccc(Cl)c2F)C(=O)N1. The predicted molar refractivity (Wildman–Crippen MR) is 67.9 cm³/mol. The maximum Gasteiger partial charge on any atom is 0.244 e. The normalized spacial score (nSPS) is 19.8. The van der Waals surface area contributed by atoms with Crippen LogP contribution in [0.4, 0.5) is 4.39 Å². The van der Waals surface area contributed by atoms with Gasteiger partial charge in [-0.05, 0) is 18.6 Å². The molecule has 2 N–H and O–H groups in total. The smallest absolute Gasteiger partial charge is 0.244 e. The Morgan fingerprint density at radius 2 is 2.05 bits per heavy atom. The number of nitrogens with one attached hydrogen (secondary N) is 2. The van der Waals surface area contributed by atoms with Crippen LogP contribution >= 0.6 is 11.6 Å². The van der Waals surface area contributed by atoms with E-state index in [0.29, 0.717) is 0 Å². The molecule has 1 unspecified atom stereocenters. The summed E-state index contributed by atoms with van der Waals surface area (Å²) < 4.78 is 39.8. The zero-order valence-corrected chi connectivity index (χ0v) is 11.6. The van der Waals surface area contributed by atoms with E-state index in [0.717, 1.165) is 6.07 Å². The van der Waals surface area contributed by atoms with Gasteiger partial charge in [-0.2, -0.15) is 4.72 Å². The summed E-state index contributed by atoms with van der Waals surface area (Å²) in [6.07, 6.45) is 0.0308. The number of carbonyl (C=O) groups is 2. The summed E-state index contributed by atoms with van der Waals surface area (Å²) >= 11 is 5.52. The molecule has 0 spiro atoms. The van der Waals surface area contributed by atoms with Gasteiger partial charge in [0.05, 0.1) is 5.02 Å². The third kappa shape index (κ3) is 2.97. The van der Waals surface area contributed by atoms with Crippen molar-refractivity contribution in [1.82, 2.24) is 10.0 Å². The van der Waals surface area contributed by atoms with Crippen LogP contribution in [0.5, 0.6) is 0 Å². The van der Waals surface area contributed by atoms with E-state index in [2.05, 4.69) is 4.72 Å². The number of rotatable bonds is 3. The molecule has 1 aliphatic rings. The van der Waals surface area contributed by atoms with Crippen molar-refractivity contribution in [2.45, 2.75) is 23.8 Å². The molecule has 1 aromatic carbocycles.